The van der Waals surface area contributed by atoms with Crippen LogP contribution in [0.2, 0.25) is 5.02 Å². The fourth-order valence-corrected chi connectivity index (χ4v) is 6.03. The van der Waals surface area contributed by atoms with Crippen LogP contribution in [0.4, 0.5) is 0 Å². The third kappa shape index (κ3) is 5.83. The maximum atomic E-state index is 13.4. The first-order chi connectivity index (χ1) is 16.8. The first-order valence-corrected chi connectivity index (χ1v) is 13.3. The number of sulfonamides is 1. The van der Waals surface area contributed by atoms with Crippen LogP contribution < -0.4 is 5.32 Å². The highest BCUT2D eigenvalue weighted by Gasteiger charge is 2.35. The number of nitrogens with one attached hydrogen (secondary N) is 1. The fraction of sp³-hybridized carbons (Fsp3) is 0.308. The zero-order valence-corrected chi connectivity index (χ0v) is 21.3. The average Bonchev–Trinajstić information content (AvgIpc) is 3.24. The molecule has 0 radical (unpaired) electrons. The Hall–Kier alpha value is -2.94. The van der Waals surface area contributed by atoms with Crippen LogP contribution in [0.5, 0.6) is 0 Å². The van der Waals surface area contributed by atoms with Crippen molar-refractivity contribution in [2.75, 3.05) is 13.1 Å². The minimum atomic E-state index is -3.82. The second-order valence-corrected chi connectivity index (χ2v) is 11.0. The summed E-state index contributed by atoms with van der Waals surface area (Å²) in [7, 11) is -3.82. The number of nitrogens with zero attached hydrogens (tertiary/aromatic N) is 2. The van der Waals surface area contributed by atoms with E-state index in [2.05, 4.69) is 10.5 Å². The van der Waals surface area contributed by atoms with Gasteiger partial charge in [0, 0.05) is 30.6 Å². The van der Waals surface area contributed by atoms with Crippen molar-refractivity contribution >= 4 is 39.7 Å². The predicted molar refractivity (Wildman–Crippen MR) is 136 cm³/mol. The Morgan fingerprint density at radius 1 is 1.11 bits per heavy atom. The van der Waals surface area contributed by atoms with Crippen LogP contribution in [0.3, 0.4) is 0 Å². The summed E-state index contributed by atoms with van der Waals surface area (Å²) in [6.07, 6.45) is 4.30. The molecule has 1 aliphatic rings. The molecule has 2 aromatic carbocycles. The summed E-state index contributed by atoms with van der Waals surface area (Å²) in [6.45, 7) is 4.46. The van der Waals surface area contributed by atoms with Gasteiger partial charge in [-0.25, -0.2) is 8.42 Å². The van der Waals surface area contributed by atoms with Gasteiger partial charge >= 0.3 is 0 Å². The van der Waals surface area contributed by atoms with E-state index >= 15 is 0 Å². The highest BCUT2D eigenvalue weighted by Crippen LogP contribution is 2.29. The molecule has 1 amide bonds. The molecular formula is C26H28ClN3O4S. The van der Waals surface area contributed by atoms with Gasteiger partial charge in [0.05, 0.1) is 0 Å². The summed E-state index contributed by atoms with van der Waals surface area (Å²) in [5.41, 5.74) is 3.23. The summed E-state index contributed by atoms with van der Waals surface area (Å²) in [4.78, 5) is 12.7. The SMILES string of the molecule is Cc1ccc(C=Cc2onc(C)c2S(=O)(=O)N2CCC(C(=O)NCc3ccccc3Cl)CC2)cc1. The Balaban J connectivity index is 1.41. The number of aromatic nitrogens is 1. The first-order valence-electron chi connectivity index (χ1n) is 11.5. The van der Waals surface area contributed by atoms with Gasteiger partial charge in [0.25, 0.3) is 0 Å². The van der Waals surface area contributed by atoms with Gasteiger partial charge < -0.3 is 9.84 Å². The lowest BCUT2D eigenvalue weighted by Crippen LogP contribution is -2.43. The van der Waals surface area contributed by atoms with Gasteiger partial charge in [-0.1, -0.05) is 70.9 Å². The Labute approximate surface area is 210 Å². The molecule has 2 heterocycles. The van der Waals surface area contributed by atoms with Crippen molar-refractivity contribution in [3.05, 3.63) is 81.7 Å². The summed E-state index contributed by atoms with van der Waals surface area (Å²) >= 11 is 6.16. The van der Waals surface area contributed by atoms with Crippen molar-refractivity contribution in [3.63, 3.8) is 0 Å². The molecular weight excluding hydrogens is 486 g/mol. The Kier molecular flexibility index (Phi) is 7.74. The van der Waals surface area contributed by atoms with Crippen LogP contribution in [0.1, 0.15) is 41.0 Å². The van der Waals surface area contributed by atoms with Gasteiger partial charge in [0.15, 0.2) is 10.7 Å². The molecule has 35 heavy (non-hydrogen) atoms. The highest BCUT2D eigenvalue weighted by molar-refractivity contribution is 7.89. The van der Waals surface area contributed by atoms with Crippen molar-refractivity contribution in [1.29, 1.82) is 0 Å². The van der Waals surface area contributed by atoms with Gasteiger partial charge in [-0.3, -0.25) is 4.79 Å². The van der Waals surface area contributed by atoms with Crippen molar-refractivity contribution in [2.45, 2.75) is 38.1 Å². The van der Waals surface area contributed by atoms with E-state index in [1.54, 1.807) is 25.1 Å². The molecule has 1 aliphatic heterocycles. The molecule has 3 aromatic rings. The van der Waals surface area contributed by atoms with Gasteiger partial charge in [0.2, 0.25) is 15.9 Å². The first kappa shape index (κ1) is 25.2. The summed E-state index contributed by atoms with van der Waals surface area (Å²) in [6, 6.07) is 15.2. The molecule has 0 spiro atoms. The molecule has 1 fully saturated rings. The number of piperidine rings is 1. The molecule has 0 aliphatic carbocycles. The van der Waals surface area contributed by atoms with Crippen LogP contribution in [0.15, 0.2) is 57.9 Å². The van der Waals surface area contributed by atoms with Gasteiger partial charge in [-0.05, 0) is 50.0 Å². The Morgan fingerprint density at radius 2 is 1.80 bits per heavy atom. The van der Waals surface area contributed by atoms with Gasteiger partial charge in [0.1, 0.15) is 5.69 Å². The van der Waals surface area contributed by atoms with E-state index in [1.807, 2.05) is 49.4 Å². The van der Waals surface area contributed by atoms with E-state index in [9.17, 15) is 13.2 Å². The summed E-state index contributed by atoms with van der Waals surface area (Å²) in [5.74, 6) is -0.152. The van der Waals surface area contributed by atoms with Crippen molar-refractivity contribution in [1.82, 2.24) is 14.8 Å². The van der Waals surface area contributed by atoms with Gasteiger partial charge in [-0.15, -0.1) is 0 Å². The number of rotatable bonds is 7. The number of carbonyl (C=O) groups excluding carboxylic acids is 1. The van der Waals surface area contributed by atoms with Crippen molar-refractivity contribution < 1.29 is 17.7 Å². The molecule has 1 N–H and O–H groups in total. The molecule has 7 nitrogen and oxygen atoms in total. The fourth-order valence-electron chi connectivity index (χ4n) is 4.10. The topological polar surface area (TPSA) is 92.5 Å². The van der Waals surface area contributed by atoms with E-state index in [4.69, 9.17) is 16.1 Å². The number of hydrogen-bond donors (Lipinski definition) is 1. The summed E-state index contributed by atoms with van der Waals surface area (Å²) < 4.78 is 33.6. The monoisotopic (exact) mass is 513 g/mol. The van der Waals surface area contributed by atoms with E-state index in [-0.39, 0.29) is 35.6 Å². The molecule has 4 rings (SSSR count). The number of carbonyl (C=O) groups is 1. The van der Waals surface area contributed by atoms with Crippen LogP contribution >= 0.6 is 11.6 Å². The van der Waals surface area contributed by atoms with E-state index < -0.39 is 10.0 Å². The predicted octanol–water partition coefficient (Wildman–Crippen LogP) is 4.83. The van der Waals surface area contributed by atoms with Crippen LogP contribution in [0, 0.1) is 19.8 Å². The minimum Gasteiger partial charge on any atom is -0.355 e. The highest BCUT2D eigenvalue weighted by atomic mass is 35.5. The zero-order chi connectivity index (χ0) is 25.0. The third-order valence-corrected chi connectivity index (χ3v) is 8.60. The minimum absolute atomic E-state index is 0.0717. The third-order valence-electron chi connectivity index (χ3n) is 6.17. The number of benzene rings is 2. The quantitative estimate of drug-likeness (QED) is 0.488. The molecule has 9 heteroatoms. The smallest absolute Gasteiger partial charge is 0.248 e. The Morgan fingerprint density at radius 3 is 2.49 bits per heavy atom. The number of amides is 1. The van der Waals surface area contributed by atoms with E-state index in [0.29, 0.717) is 30.1 Å². The molecule has 0 atom stereocenters. The van der Waals surface area contributed by atoms with E-state index in [0.717, 1.165) is 16.7 Å². The van der Waals surface area contributed by atoms with Gasteiger partial charge in [-0.2, -0.15) is 4.31 Å². The van der Waals surface area contributed by atoms with Crippen molar-refractivity contribution in [2.24, 2.45) is 5.92 Å². The van der Waals surface area contributed by atoms with E-state index in [1.165, 1.54) is 4.31 Å². The maximum Gasteiger partial charge on any atom is 0.248 e. The second-order valence-electron chi connectivity index (χ2n) is 8.69. The normalized spacial score (nSPS) is 15.5. The number of halogens is 1. The summed E-state index contributed by atoms with van der Waals surface area (Å²) in [5, 5.41) is 7.42. The lowest BCUT2D eigenvalue weighted by Gasteiger charge is -2.30. The van der Waals surface area contributed by atoms with Crippen LogP contribution in [-0.2, 0) is 21.4 Å². The molecule has 1 aromatic heterocycles. The van der Waals surface area contributed by atoms with Crippen LogP contribution in [-0.4, -0.2) is 36.9 Å². The standard InChI is InChI=1S/C26H28ClN3O4S/c1-18-7-9-20(10-8-18)11-12-24-25(19(2)29-34-24)35(32,33)30-15-13-21(14-16-30)26(31)28-17-22-5-3-4-6-23(22)27/h3-12,21H,13-17H2,1-2H3,(H,28,31). The van der Waals surface area contributed by atoms with Crippen molar-refractivity contribution in [3.8, 4) is 0 Å². The number of aryl methyl sites for hydroxylation is 2. The molecule has 1 saturated heterocycles. The Bertz CT molecular complexity index is 1320. The lowest BCUT2D eigenvalue weighted by molar-refractivity contribution is -0.126. The molecule has 0 bridgehead atoms. The molecule has 0 saturated carbocycles. The average molecular weight is 514 g/mol. The molecule has 184 valence electrons. The lowest BCUT2D eigenvalue weighted by atomic mass is 9.97. The second kappa shape index (κ2) is 10.8. The number of hydrogen-bond acceptors (Lipinski definition) is 5. The largest absolute Gasteiger partial charge is 0.355 e. The zero-order valence-electron chi connectivity index (χ0n) is 19.7. The van der Waals surface area contributed by atoms with Crippen LogP contribution in [0.25, 0.3) is 12.2 Å². The molecule has 0 unspecified atom stereocenters. The maximum absolute atomic E-state index is 13.4.